The molecule has 11 heteroatoms. The summed E-state index contributed by atoms with van der Waals surface area (Å²) < 4.78 is 12.5. The minimum absolute atomic E-state index is 0.211. The van der Waals surface area contributed by atoms with Gasteiger partial charge in [0.05, 0.1) is 25.9 Å². The van der Waals surface area contributed by atoms with Gasteiger partial charge in [0, 0.05) is 5.02 Å². The Balaban J connectivity index is 1.65. The van der Waals surface area contributed by atoms with E-state index in [-0.39, 0.29) is 17.9 Å². The molecule has 0 aromatic heterocycles. The lowest BCUT2D eigenvalue weighted by Crippen LogP contribution is -2.54. The summed E-state index contributed by atoms with van der Waals surface area (Å²) in [5.41, 5.74) is 1.40. The molecule has 4 rings (SSSR count). The molecular weight excluding hydrogens is 654 g/mol. The molecule has 1 aliphatic heterocycles. The Morgan fingerprint density at radius 1 is 0.946 bits per heavy atom. The summed E-state index contributed by atoms with van der Waals surface area (Å²) in [6.45, 7) is 2.40. The van der Waals surface area contributed by atoms with Gasteiger partial charge in [-0.25, -0.2) is 9.69 Å². The van der Waals surface area contributed by atoms with Crippen LogP contribution in [0.1, 0.15) is 18.1 Å². The van der Waals surface area contributed by atoms with Gasteiger partial charge in [0.25, 0.3) is 11.8 Å². The smallest absolute Gasteiger partial charge is 0.335 e. The molecule has 190 valence electrons. The molecule has 1 saturated heterocycles. The van der Waals surface area contributed by atoms with Crippen LogP contribution in [-0.4, -0.2) is 24.5 Å². The summed E-state index contributed by atoms with van der Waals surface area (Å²) in [6, 6.07) is 13.9. The van der Waals surface area contributed by atoms with Crippen molar-refractivity contribution in [3.8, 4) is 11.5 Å². The van der Waals surface area contributed by atoms with E-state index in [4.69, 9.17) is 44.3 Å². The highest BCUT2D eigenvalue weighted by atomic mass is 127. The zero-order valence-electron chi connectivity index (χ0n) is 19.2. The standard InChI is InChI=1S/C26H18Cl3IN2O5/c1-2-36-22-12-15(11-21(30)23(22)37-13-14-3-8-19(28)20(29)10-14)9-18-24(33)31-26(35)32(25(18)34)17-6-4-16(27)5-7-17/h3-12H,2,13H2,1H3,(H,31,33,35)/b18-9+. The number of carbonyl (C=O) groups is 3. The number of barbiturate groups is 1. The molecule has 0 saturated carbocycles. The maximum absolute atomic E-state index is 13.2. The van der Waals surface area contributed by atoms with E-state index >= 15 is 0 Å². The van der Waals surface area contributed by atoms with E-state index in [0.29, 0.717) is 42.3 Å². The Morgan fingerprint density at radius 3 is 2.35 bits per heavy atom. The summed E-state index contributed by atoms with van der Waals surface area (Å²) in [5.74, 6) is -0.638. The van der Waals surface area contributed by atoms with Crippen molar-refractivity contribution in [2.45, 2.75) is 13.5 Å². The number of anilines is 1. The lowest BCUT2D eigenvalue weighted by atomic mass is 10.1. The van der Waals surface area contributed by atoms with Gasteiger partial charge in [-0.1, -0.05) is 40.9 Å². The summed E-state index contributed by atoms with van der Waals surface area (Å²) >= 11 is 20.1. The quantitative estimate of drug-likeness (QED) is 0.168. The van der Waals surface area contributed by atoms with Gasteiger partial charge < -0.3 is 9.47 Å². The monoisotopic (exact) mass is 670 g/mol. The number of nitrogens with one attached hydrogen (secondary N) is 1. The van der Waals surface area contributed by atoms with Crippen LogP contribution >= 0.6 is 57.4 Å². The number of urea groups is 1. The normalized spacial score (nSPS) is 14.7. The number of imide groups is 2. The molecule has 0 spiro atoms. The van der Waals surface area contributed by atoms with Crippen LogP contribution in [0, 0.1) is 3.57 Å². The molecule has 0 bridgehead atoms. The fourth-order valence-corrected chi connectivity index (χ4v) is 4.74. The van der Waals surface area contributed by atoms with Crippen molar-refractivity contribution in [1.29, 1.82) is 0 Å². The minimum Gasteiger partial charge on any atom is -0.490 e. The highest BCUT2D eigenvalue weighted by Gasteiger charge is 2.36. The van der Waals surface area contributed by atoms with Crippen molar-refractivity contribution in [1.82, 2.24) is 5.32 Å². The van der Waals surface area contributed by atoms with E-state index in [1.54, 1.807) is 42.5 Å². The van der Waals surface area contributed by atoms with Crippen molar-refractivity contribution < 1.29 is 23.9 Å². The van der Waals surface area contributed by atoms with Gasteiger partial charge in [0.1, 0.15) is 12.2 Å². The molecular formula is C26H18Cl3IN2O5. The van der Waals surface area contributed by atoms with Crippen molar-refractivity contribution in [2.75, 3.05) is 11.5 Å². The van der Waals surface area contributed by atoms with E-state index in [1.807, 2.05) is 6.92 Å². The second-order valence-electron chi connectivity index (χ2n) is 7.73. The zero-order chi connectivity index (χ0) is 26.7. The number of rotatable bonds is 7. The number of halogens is 4. The van der Waals surface area contributed by atoms with Crippen LogP contribution in [0.2, 0.25) is 15.1 Å². The van der Waals surface area contributed by atoms with E-state index in [1.165, 1.54) is 18.2 Å². The molecule has 1 aliphatic rings. The van der Waals surface area contributed by atoms with Crippen LogP contribution in [0.15, 0.2) is 60.2 Å². The summed E-state index contributed by atoms with van der Waals surface area (Å²) in [4.78, 5) is 39.1. The molecule has 1 heterocycles. The number of ether oxygens (including phenoxy) is 2. The van der Waals surface area contributed by atoms with Gasteiger partial charge in [-0.05, 0) is 95.2 Å². The van der Waals surface area contributed by atoms with E-state index in [2.05, 4.69) is 27.9 Å². The Hall–Kier alpha value is -2.79. The highest BCUT2D eigenvalue weighted by molar-refractivity contribution is 14.1. The second kappa shape index (κ2) is 11.7. The third kappa shape index (κ3) is 6.20. The predicted molar refractivity (Wildman–Crippen MR) is 152 cm³/mol. The van der Waals surface area contributed by atoms with Gasteiger partial charge >= 0.3 is 6.03 Å². The van der Waals surface area contributed by atoms with Crippen LogP contribution in [0.25, 0.3) is 6.08 Å². The lowest BCUT2D eigenvalue weighted by molar-refractivity contribution is -0.122. The Bertz CT molecular complexity index is 1430. The fraction of sp³-hybridized carbons (Fsp3) is 0.115. The number of benzene rings is 3. The van der Waals surface area contributed by atoms with Gasteiger partial charge in [-0.2, -0.15) is 0 Å². The van der Waals surface area contributed by atoms with Gasteiger partial charge in [0.2, 0.25) is 0 Å². The van der Waals surface area contributed by atoms with Gasteiger partial charge in [-0.3, -0.25) is 14.9 Å². The highest BCUT2D eigenvalue weighted by Crippen LogP contribution is 2.36. The fourth-order valence-electron chi connectivity index (χ4n) is 3.51. The van der Waals surface area contributed by atoms with Crippen molar-refractivity contribution in [3.63, 3.8) is 0 Å². The van der Waals surface area contributed by atoms with Crippen LogP contribution in [0.5, 0.6) is 11.5 Å². The first-order valence-corrected chi connectivity index (χ1v) is 13.1. The van der Waals surface area contributed by atoms with Crippen LogP contribution < -0.4 is 19.7 Å². The lowest BCUT2D eigenvalue weighted by Gasteiger charge is -2.26. The molecule has 0 unspecified atom stereocenters. The Kier molecular flexibility index (Phi) is 8.63. The first-order chi connectivity index (χ1) is 17.7. The average molecular weight is 672 g/mol. The van der Waals surface area contributed by atoms with Crippen LogP contribution in [-0.2, 0) is 16.2 Å². The maximum atomic E-state index is 13.2. The van der Waals surface area contributed by atoms with E-state index < -0.39 is 17.8 Å². The van der Waals surface area contributed by atoms with Gasteiger partial charge in [0.15, 0.2) is 11.5 Å². The van der Waals surface area contributed by atoms with E-state index in [9.17, 15) is 14.4 Å². The van der Waals surface area contributed by atoms with Gasteiger partial charge in [-0.15, -0.1) is 0 Å². The molecule has 37 heavy (non-hydrogen) atoms. The number of amides is 4. The Morgan fingerprint density at radius 2 is 1.68 bits per heavy atom. The first-order valence-electron chi connectivity index (χ1n) is 10.9. The Labute approximate surface area is 241 Å². The number of hydrogen-bond donors (Lipinski definition) is 1. The third-order valence-electron chi connectivity index (χ3n) is 5.20. The van der Waals surface area contributed by atoms with Crippen molar-refractivity contribution in [3.05, 3.63) is 89.9 Å². The SMILES string of the molecule is CCOc1cc(/C=C2\C(=O)NC(=O)N(c3ccc(Cl)cc3)C2=O)cc(I)c1OCc1ccc(Cl)c(Cl)c1. The maximum Gasteiger partial charge on any atom is 0.335 e. The number of nitrogens with zero attached hydrogens (tertiary/aromatic N) is 1. The van der Waals surface area contributed by atoms with Crippen LogP contribution in [0.3, 0.4) is 0 Å². The molecule has 0 radical (unpaired) electrons. The molecule has 3 aromatic carbocycles. The second-order valence-corrected chi connectivity index (χ2v) is 10.1. The third-order valence-corrected chi connectivity index (χ3v) is 6.99. The largest absolute Gasteiger partial charge is 0.490 e. The van der Waals surface area contributed by atoms with E-state index in [0.717, 1.165) is 10.5 Å². The minimum atomic E-state index is -0.842. The number of hydrogen-bond acceptors (Lipinski definition) is 5. The van der Waals surface area contributed by atoms with Crippen LogP contribution in [0.4, 0.5) is 10.5 Å². The molecule has 0 atom stereocenters. The summed E-state index contributed by atoms with van der Waals surface area (Å²) in [7, 11) is 0. The topological polar surface area (TPSA) is 84.9 Å². The number of carbonyl (C=O) groups excluding carboxylic acids is 3. The average Bonchev–Trinajstić information content (AvgIpc) is 2.84. The summed E-state index contributed by atoms with van der Waals surface area (Å²) in [6.07, 6.45) is 1.40. The van der Waals surface area contributed by atoms with Crippen molar-refractivity contribution >= 4 is 87.0 Å². The molecule has 1 fully saturated rings. The zero-order valence-corrected chi connectivity index (χ0v) is 23.6. The molecule has 7 nitrogen and oxygen atoms in total. The first kappa shape index (κ1) is 27.3. The van der Waals surface area contributed by atoms with Crippen molar-refractivity contribution in [2.24, 2.45) is 0 Å². The summed E-state index contributed by atoms with van der Waals surface area (Å²) in [5, 5.41) is 3.52. The molecule has 3 aromatic rings. The molecule has 1 N–H and O–H groups in total. The molecule has 4 amide bonds. The molecule has 0 aliphatic carbocycles. The predicted octanol–water partition coefficient (Wildman–Crippen LogP) is 6.90.